The van der Waals surface area contributed by atoms with Crippen molar-refractivity contribution in [1.29, 1.82) is 0 Å². The maximum absolute atomic E-state index is 9.99. The molecule has 0 aromatic heterocycles. The standard InChI is InChI=1S/C17H35BNO6PSi/c1-16(2,3)27(8,9)25-13-14(17(4,12-20)23-15(13)18)24-26(7,21-6)22-11-10-19-5/h13-15,20H,7,10-12,18H2,1-4,6,8-9H3/t13?,14-,15-,17-,26?/m1/s1. The number of nitrogens with zero attached hydrogens (tertiary/aromatic N) is 1. The normalized spacial score (nSPS) is 31.4. The smallest absolute Gasteiger partial charge is 0.251 e. The van der Waals surface area contributed by atoms with Crippen molar-refractivity contribution in [3.05, 3.63) is 11.4 Å². The molecule has 1 fully saturated rings. The molecule has 0 radical (unpaired) electrons. The Hall–Kier alpha value is -0.168. The fraction of sp³-hybridized carbons (Fsp3) is 0.882. The van der Waals surface area contributed by atoms with Gasteiger partial charge in [-0.15, -0.1) is 0 Å². The highest BCUT2D eigenvalue weighted by Gasteiger charge is 2.56. The second-order valence-corrected chi connectivity index (χ2v) is 15.5. The monoisotopic (exact) mass is 419 g/mol. The molecule has 1 heterocycles. The fourth-order valence-electron chi connectivity index (χ4n) is 2.65. The van der Waals surface area contributed by atoms with Gasteiger partial charge in [-0.05, 0) is 31.4 Å². The third kappa shape index (κ3) is 5.91. The summed E-state index contributed by atoms with van der Waals surface area (Å²) in [5.41, 5.74) is -0.961. The van der Waals surface area contributed by atoms with Gasteiger partial charge >= 0.3 is 0 Å². The Balaban J connectivity index is 3.15. The first-order valence-corrected chi connectivity index (χ1v) is 13.8. The predicted octanol–water partition coefficient (Wildman–Crippen LogP) is 2.28. The lowest BCUT2D eigenvalue weighted by atomic mass is 9.90. The van der Waals surface area contributed by atoms with Crippen LogP contribution in [0.15, 0.2) is 0 Å². The average Bonchev–Trinajstić information content (AvgIpc) is 2.78. The Bertz CT molecular complexity index is 593. The molecule has 0 aromatic rings. The molecule has 0 aliphatic carbocycles. The summed E-state index contributed by atoms with van der Waals surface area (Å²) in [4.78, 5) is 3.27. The Morgan fingerprint density at radius 2 is 2.00 bits per heavy atom. The van der Waals surface area contributed by atoms with Crippen LogP contribution in [0.5, 0.6) is 0 Å². The lowest BCUT2D eigenvalue weighted by Crippen LogP contribution is -2.52. The summed E-state index contributed by atoms with van der Waals surface area (Å²) in [5.74, 6) is 0. The van der Waals surface area contributed by atoms with Crippen molar-refractivity contribution in [1.82, 2.24) is 0 Å². The minimum absolute atomic E-state index is 0.0135. The second kappa shape index (κ2) is 9.10. The van der Waals surface area contributed by atoms with Gasteiger partial charge in [-0.25, -0.2) is 6.57 Å². The van der Waals surface area contributed by atoms with Crippen molar-refractivity contribution in [2.75, 3.05) is 26.9 Å². The first-order chi connectivity index (χ1) is 12.3. The van der Waals surface area contributed by atoms with E-state index >= 15 is 0 Å². The molecular formula is C17H35BNO6PSi. The van der Waals surface area contributed by atoms with Crippen molar-refractivity contribution >= 4 is 30.0 Å². The number of aliphatic hydroxyl groups excluding tert-OH is 1. The van der Waals surface area contributed by atoms with E-state index in [9.17, 15) is 5.11 Å². The molecule has 5 atom stereocenters. The van der Waals surface area contributed by atoms with Crippen LogP contribution >= 0.6 is 7.57 Å². The van der Waals surface area contributed by atoms with Gasteiger partial charge in [0, 0.05) is 7.11 Å². The summed E-state index contributed by atoms with van der Waals surface area (Å²) in [6.45, 7) is 19.7. The molecule has 0 amide bonds. The summed E-state index contributed by atoms with van der Waals surface area (Å²) >= 11 is 0. The van der Waals surface area contributed by atoms with Crippen molar-refractivity contribution in [3.63, 3.8) is 0 Å². The van der Waals surface area contributed by atoms with Gasteiger partial charge < -0.3 is 32.7 Å². The maximum atomic E-state index is 9.99. The Labute approximate surface area is 166 Å². The minimum Gasteiger partial charge on any atom is -0.409 e. The van der Waals surface area contributed by atoms with E-state index in [2.05, 4.69) is 45.0 Å². The van der Waals surface area contributed by atoms with E-state index in [0.29, 0.717) is 0 Å². The summed E-state index contributed by atoms with van der Waals surface area (Å²) in [7, 11) is -1.67. The third-order valence-electron chi connectivity index (χ3n) is 5.41. The zero-order valence-electron chi connectivity index (χ0n) is 17.9. The van der Waals surface area contributed by atoms with Gasteiger partial charge in [0.1, 0.15) is 26.2 Å². The van der Waals surface area contributed by atoms with Crippen molar-refractivity contribution in [2.24, 2.45) is 0 Å². The number of aliphatic hydroxyl groups is 1. The summed E-state index contributed by atoms with van der Waals surface area (Å²) in [6, 6.07) is -0.269. The van der Waals surface area contributed by atoms with Crippen LogP contribution in [0.4, 0.5) is 0 Å². The zero-order chi connectivity index (χ0) is 21.1. The van der Waals surface area contributed by atoms with Gasteiger partial charge in [-0.2, -0.15) is 0 Å². The molecule has 0 bridgehead atoms. The first kappa shape index (κ1) is 24.9. The van der Waals surface area contributed by atoms with E-state index in [4.69, 9.17) is 29.3 Å². The van der Waals surface area contributed by atoms with Gasteiger partial charge in [0.25, 0.3) is 7.57 Å². The van der Waals surface area contributed by atoms with E-state index in [1.165, 1.54) is 7.11 Å². The van der Waals surface area contributed by atoms with E-state index in [1.807, 2.05) is 7.85 Å². The van der Waals surface area contributed by atoms with E-state index in [1.54, 1.807) is 6.92 Å². The molecular weight excluding hydrogens is 384 g/mol. The number of rotatable bonds is 9. The SMILES string of the molecule is B[C@@H]1O[C@](C)(CO)[C@H](OP(=C)(OC)OCC[N+]#[C-])C1O[Si](C)(C)C(C)(C)C. The van der Waals surface area contributed by atoms with Gasteiger partial charge in [0.2, 0.25) is 6.54 Å². The van der Waals surface area contributed by atoms with Crippen molar-refractivity contribution in [3.8, 4) is 0 Å². The van der Waals surface area contributed by atoms with Crippen LogP contribution in [0, 0.1) is 6.57 Å². The topological polar surface area (TPSA) is 70.7 Å². The molecule has 1 N–H and O–H groups in total. The predicted molar refractivity (Wildman–Crippen MR) is 114 cm³/mol. The molecule has 1 aliphatic heterocycles. The number of hydrogen-bond donors (Lipinski definition) is 1. The fourth-order valence-corrected chi connectivity index (χ4v) is 5.30. The van der Waals surface area contributed by atoms with Crippen LogP contribution in [0.1, 0.15) is 27.7 Å². The molecule has 0 spiro atoms. The highest BCUT2D eigenvalue weighted by Crippen LogP contribution is 2.53. The highest BCUT2D eigenvalue weighted by atomic mass is 31.2. The quantitative estimate of drug-likeness (QED) is 0.268. The van der Waals surface area contributed by atoms with Crippen LogP contribution in [-0.2, 0) is 22.7 Å². The first-order valence-electron chi connectivity index (χ1n) is 9.17. The average molecular weight is 419 g/mol. The van der Waals surface area contributed by atoms with Crippen molar-refractivity contribution in [2.45, 2.75) is 69.6 Å². The molecule has 10 heteroatoms. The van der Waals surface area contributed by atoms with E-state index in [-0.39, 0.29) is 36.9 Å². The second-order valence-electron chi connectivity index (χ2n) is 8.67. The van der Waals surface area contributed by atoms with Gasteiger partial charge in [0.05, 0.1) is 18.7 Å². The van der Waals surface area contributed by atoms with Gasteiger partial charge in [-0.1, -0.05) is 20.8 Å². The zero-order valence-corrected chi connectivity index (χ0v) is 19.8. The summed E-state index contributed by atoms with van der Waals surface area (Å²) < 4.78 is 30.0. The molecule has 2 unspecified atom stereocenters. The molecule has 0 saturated carbocycles. The summed E-state index contributed by atoms with van der Waals surface area (Å²) in [5, 5.41) is 10.0. The highest BCUT2D eigenvalue weighted by molar-refractivity contribution is 7.59. The Morgan fingerprint density at radius 1 is 1.41 bits per heavy atom. The Morgan fingerprint density at radius 3 is 2.44 bits per heavy atom. The largest absolute Gasteiger partial charge is 0.409 e. The van der Waals surface area contributed by atoms with Gasteiger partial charge in [-0.3, -0.25) is 0 Å². The van der Waals surface area contributed by atoms with Crippen LogP contribution in [0.25, 0.3) is 4.85 Å². The molecule has 27 heavy (non-hydrogen) atoms. The molecule has 1 saturated heterocycles. The summed E-state index contributed by atoms with van der Waals surface area (Å²) in [6.07, 6.45) is 3.00. The van der Waals surface area contributed by atoms with Crippen LogP contribution in [0.3, 0.4) is 0 Å². The lowest BCUT2D eigenvalue weighted by molar-refractivity contribution is -0.0824. The lowest BCUT2D eigenvalue weighted by Gasteiger charge is -2.41. The van der Waals surface area contributed by atoms with Crippen LogP contribution in [0.2, 0.25) is 18.1 Å². The van der Waals surface area contributed by atoms with Crippen LogP contribution < -0.4 is 0 Å². The van der Waals surface area contributed by atoms with Crippen molar-refractivity contribution < 1.29 is 27.8 Å². The molecule has 1 rings (SSSR count). The van der Waals surface area contributed by atoms with E-state index < -0.39 is 27.6 Å². The molecule has 1 aliphatic rings. The molecule has 156 valence electrons. The van der Waals surface area contributed by atoms with Gasteiger partial charge in [0.15, 0.2) is 8.32 Å². The number of hydrogen-bond acceptors (Lipinski definition) is 6. The third-order valence-corrected chi connectivity index (χ3v) is 11.6. The van der Waals surface area contributed by atoms with Crippen LogP contribution in [-0.4, -0.2) is 78.3 Å². The molecule has 7 nitrogen and oxygen atoms in total. The molecule has 0 aromatic carbocycles. The minimum atomic E-state index is -2.94. The van der Waals surface area contributed by atoms with E-state index in [0.717, 1.165) is 0 Å². The number of ether oxygens (including phenoxy) is 1. The maximum Gasteiger partial charge on any atom is 0.251 e. The Kier molecular flexibility index (Phi) is 8.38.